The predicted octanol–water partition coefficient (Wildman–Crippen LogP) is 2.04. The van der Waals surface area contributed by atoms with Gasteiger partial charge in [-0.15, -0.1) is 0 Å². The van der Waals surface area contributed by atoms with Crippen LogP contribution in [0.3, 0.4) is 0 Å². The average molecular weight is 364 g/mol. The summed E-state index contributed by atoms with van der Waals surface area (Å²) in [5.74, 6) is 0.0963. The van der Waals surface area contributed by atoms with E-state index in [1.54, 1.807) is 46.5 Å². The van der Waals surface area contributed by atoms with Crippen molar-refractivity contribution >= 4 is 27.7 Å². The van der Waals surface area contributed by atoms with Crippen LogP contribution in [0, 0.1) is 0 Å². The molecule has 3 heterocycles. The van der Waals surface area contributed by atoms with E-state index in [9.17, 15) is 9.59 Å². The number of rotatable bonds is 2. The first-order valence-electron chi connectivity index (χ1n) is 6.89. The first kappa shape index (κ1) is 14.8. The van der Waals surface area contributed by atoms with Gasteiger partial charge in [0.2, 0.25) is 0 Å². The lowest BCUT2D eigenvalue weighted by Gasteiger charge is -2.34. The van der Waals surface area contributed by atoms with Crippen LogP contribution < -0.4 is 0 Å². The predicted molar refractivity (Wildman–Crippen MR) is 82.5 cm³/mol. The van der Waals surface area contributed by atoms with E-state index in [2.05, 4.69) is 20.9 Å². The van der Waals surface area contributed by atoms with E-state index in [1.807, 2.05) is 0 Å². The van der Waals surface area contributed by atoms with Crippen molar-refractivity contribution < 1.29 is 14.0 Å². The van der Waals surface area contributed by atoms with Gasteiger partial charge in [-0.1, -0.05) is 0 Å². The summed E-state index contributed by atoms with van der Waals surface area (Å²) < 4.78 is 5.81. The highest BCUT2D eigenvalue weighted by Crippen LogP contribution is 2.17. The molecule has 0 spiro atoms. The van der Waals surface area contributed by atoms with E-state index in [0.29, 0.717) is 42.2 Å². The quantitative estimate of drug-likeness (QED) is 0.818. The van der Waals surface area contributed by atoms with Crippen LogP contribution >= 0.6 is 15.9 Å². The Morgan fingerprint density at radius 2 is 1.73 bits per heavy atom. The standard InChI is InChI=1S/C15H14BrN3O3/c16-13-4-3-12(22-13)15(21)19-8-6-18(7-9-19)14(20)11-2-1-5-17-10-11/h1-5,10H,6-9H2. The third-order valence-corrected chi connectivity index (χ3v) is 3.97. The zero-order chi connectivity index (χ0) is 15.5. The summed E-state index contributed by atoms with van der Waals surface area (Å²) in [6.45, 7) is 1.98. The summed E-state index contributed by atoms with van der Waals surface area (Å²) in [6, 6.07) is 6.81. The molecule has 1 aliphatic rings. The van der Waals surface area contributed by atoms with Gasteiger partial charge in [-0.05, 0) is 40.2 Å². The molecule has 0 aromatic carbocycles. The Hall–Kier alpha value is -2.15. The first-order valence-corrected chi connectivity index (χ1v) is 7.68. The number of hydrogen-bond donors (Lipinski definition) is 0. The van der Waals surface area contributed by atoms with Gasteiger partial charge in [-0.2, -0.15) is 0 Å². The van der Waals surface area contributed by atoms with Gasteiger partial charge in [0, 0.05) is 38.6 Å². The zero-order valence-electron chi connectivity index (χ0n) is 11.7. The molecule has 0 unspecified atom stereocenters. The van der Waals surface area contributed by atoms with E-state index in [4.69, 9.17) is 4.42 Å². The number of amides is 2. The average Bonchev–Trinajstić information content (AvgIpc) is 3.01. The van der Waals surface area contributed by atoms with Crippen molar-refractivity contribution in [1.82, 2.24) is 14.8 Å². The lowest BCUT2D eigenvalue weighted by Crippen LogP contribution is -2.50. The highest BCUT2D eigenvalue weighted by molar-refractivity contribution is 9.10. The summed E-state index contributed by atoms with van der Waals surface area (Å²) in [5.41, 5.74) is 0.567. The molecule has 22 heavy (non-hydrogen) atoms. The number of halogens is 1. The number of nitrogens with zero attached hydrogens (tertiary/aromatic N) is 3. The van der Waals surface area contributed by atoms with Crippen LogP contribution in [0.25, 0.3) is 0 Å². The molecule has 2 aromatic heterocycles. The molecule has 0 saturated carbocycles. The normalized spacial score (nSPS) is 15.0. The van der Waals surface area contributed by atoms with Gasteiger partial charge >= 0.3 is 0 Å². The summed E-state index contributed by atoms with van der Waals surface area (Å²) in [6.07, 6.45) is 3.19. The molecular weight excluding hydrogens is 350 g/mol. The van der Waals surface area contributed by atoms with Crippen molar-refractivity contribution in [2.24, 2.45) is 0 Å². The SMILES string of the molecule is O=C(c1cccnc1)N1CCN(C(=O)c2ccc(Br)o2)CC1. The van der Waals surface area contributed by atoms with Gasteiger partial charge < -0.3 is 14.2 Å². The molecule has 2 aromatic rings. The number of hydrogen-bond acceptors (Lipinski definition) is 4. The fraction of sp³-hybridized carbons (Fsp3) is 0.267. The second-order valence-electron chi connectivity index (χ2n) is 4.93. The number of piperazine rings is 1. The van der Waals surface area contributed by atoms with E-state index < -0.39 is 0 Å². The Morgan fingerprint density at radius 3 is 2.27 bits per heavy atom. The first-order chi connectivity index (χ1) is 10.6. The van der Waals surface area contributed by atoms with Crippen molar-refractivity contribution in [3.8, 4) is 0 Å². The van der Waals surface area contributed by atoms with Crippen LogP contribution in [-0.4, -0.2) is 52.8 Å². The van der Waals surface area contributed by atoms with Gasteiger partial charge in [-0.3, -0.25) is 14.6 Å². The molecule has 0 radical (unpaired) electrons. The molecule has 0 atom stereocenters. The Bertz CT molecular complexity index is 678. The number of aromatic nitrogens is 1. The Balaban J connectivity index is 1.61. The summed E-state index contributed by atoms with van der Waals surface area (Å²) in [4.78, 5) is 31.9. The van der Waals surface area contributed by atoms with Crippen LogP contribution in [0.2, 0.25) is 0 Å². The number of carbonyl (C=O) groups is 2. The molecule has 1 fully saturated rings. The Kier molecular flexibility index (Phi) is 4.24. The second-order valence-corrected chi connectivity index (χ2v) is 5.71. The van der Waals surface area contributed by atoms with Crippen LogP contribution in [-0.2, 0) is 0 Å². The number of pyridine rings is 1. The zero-order valence-corrected chi connectivity index (χ0v) is 13.3. The Labute approximate surface area is 135 Å². The van der Waals surface area contributed by atoms with Gasteiger partial charge in [0.25, 0.3) is 11.8 Å². The fourth-order valence-corrected chi connectivity index (χ4v) is 2.68. The molecule has 2 amide bonds. The second kappa shape index (κ2) is 6.31. The fourth-order valence-electron chi connectivity index (χ4n) is 2.37. The number of furan rings is 1. The minimum atomic E-state index is -0.154. The summed E-state index contributed by atoms with van der Waals surface area (Å²) in [7, 11) is 0. The molecular formula is C15H14BrN3O3. The Morgan fingerprint density at radius 1 is 1.05 bits per heavy atom. The van der Waals surface area contributed by atoms with E-state index >= 15 is 0 Å². The molecule has 6 nitrogen and oxygen atoms in total. The van der Waals surface area contributed by atoms with Crippen LogP contribution in [0.1, 0.15) is 20.9 Å². The third kappa shape index (κ3) is 3.04. The van der Waals surface area contributed by atoms with Crippen molar-refractivity contribution in [3.05, 3.63) is 52.7 Å². The highest BCUT2D eigenvalue weighted by atomic mass is 79.9. The maximum absolute atomic E-state index is 12.3. The van der Waals surface area contributed by atoms with Crippen molar-refractivity contribution in [3.63, 3.8) is 0 Å². The smallest absolute Gasteiger partial charge is 0.289 e. The molecule has 0 N–H and O–H groups in total. The minimum absolute atomic E-state index is 0.0547. The van der Waals surface area contributed by atoms with Gasteiger partial charge in [0.15, 0.2) is 10.4 Å². The molecule has 7 heteroatoms. The summed E-state index contributed by atoms with van der Waals surface area (Å²) in [5, 5.41) is 0. The largest absolute Gasteiger partial charge is 0.444 e. The number of carbonyl (C=O) groups excluding carboxylic acids is 2. The van der Waals surface area contributed by atoms with Crippen molar-refractivity contribution in [1.29, 1.82) is 0 Å². The third-order valence-electron chi connectivity index (χ3n) is 3.55. The van der Waals surface area contributed by atoms with E-state index in [-0.39, 0.29) is 11.8 Å². The molecule has 0 bridgehead atoms. The lowest BCUT2D eigenvalue weighted by atomic mass is 10.2. The molecule has 1 aliphatic heterocycles. The maximum Gasteiger partial charge on any atom is 0.289 e. The van der Waals surface area contributed by atoms with Crippen LogP contribution in [0.5, 0.6) is 0 Å². The van der Waals surface area contributed by atoms with E-state index in [0.717, 1.165) is 0 Å². The van der Waals surface area contributed by atoms with Gasteiger partial charge in [0.05, 0.1) is 5.56 Å². The molecule has 0 aliphatic carbocycles. The van der Waals surface area contributed by atoms with Crippen molar-refractivity contribution in [2.75, 3.05) is 26.2 Å². The topological polar surface area (TPSA) is 66.7 Å². The van der Waals surface area contributed by atoms with Crippen LogP contribution in [0.15, 0.2) is 45.7 Å². The maximum atomic E-state index is 12.3. The molecule has 114 valence electrons. The summed E-state index contributed by atoms with van der Waals surface area (Å²) >= 11 is 3.18. The van der Waals surface area contributed by atoms with Crippen LogP contribution in [0.4, 0.5) is 0 Å². The molecule has 3 rings (SSSR count). The van der Waals surface area contributed by atoms with Crippen molar-refractivity contribution in [2.45, 2.75) is 0 Å². The van der Waals surface area contributed by atoms with E-state index in [1.165, 1.54) is 0 Å². The monoisotopic (exact) mass is 363 g/mol. The molecule has 1 saturated heterocycles. The minimum Gasteiger partial charge on any atom is -0.444 e. The van der Waals surface area contributed by atoms with Gasteiger partial charge in [0.1, 0.15) is 0 Å². The van der Waals surface area contributed by atoms with Gasteiger partial charge in [-0.25, -0.2) is 0 Å². The lowest BCUT2D eigenvalue weighted by molar-refractivity contribution is 0.0517. The highest BCUT2D eigenvalue weighted by Gasteiger charge is 2.26.